The van der Waals surface area contributed by atoms with Crippen molar-refractivity contribution >= 4 is 11.7 Å². The van der Waals surface area contributed by atoms with E-state index >= 15 is 4.39 Å². The lowest BCUT2D eigenvalue weighted by molar-refractivity contribution is -0.219. The number of morpholine rings is 1. The van der Waals surface area contributed by atoms with Gasteiger partial charge in [-0.2, -0.15) is 0 Å². The van der Waals surface area contributed by atoms with Crippen molar-refractivity contribution in [3.63, 3.8) is 0 Å². The van der Waals surface area contributed by atoms with Gasteiger partial charge in [-0.05, 0) is 56.4 Å². The van der Waals surface area contributed by atoms with E-state index in [1.165, 1.54) is 25.7 Å². The molecule has 204 valence electrons. The van der Waals surface area contributed by atoms with E-state index in [0.717, 1.165) is 38.8 Å². The Morgan fingerprint density at radius 1 is 1.03 bits per heavy atom. The Morgan fingerprint density at radius 2 is 1.81 bits per heavy atom. The molecule has 0 aromatic rings. The minimum atomic E-state index is -1.13. The monoisotopic (exact) mass is 514 g/mol. The second kappa shape index (κ2) is 9.30. The molecule has 0 aromatic carbocycles. The topological polar surface area (TPSA) is 79.1 Å². The predicted molar refractivity (Wildman–Crippen MR) is 137 cm³/mol. The number of hydrogen-bond donors (Lipinski definition) is 1. The third kappa shape index (κ3) is 3.99. The average molecular weight is 515 g/mol. The highest BCUT2D eigenvalue weighted by Crippen LogP contribution is 2.51. The number of hydrogen-bond acceptors (Lipinski definition) is 6. The van der Waals surface area contributed by atoms with Crippen molar-refractivity contribution in [3.8, 4) is 0 Å². The van der Waals surface area contributed by atoms with Gasteiger partial charge in [0.05, 0.1) is 35.9 Å². The summed E-state index contributed by atoms with van der Waals surface area (Å²) in [5.41, 5.74) is 6.34. The Balaban J connectivity index is 1.26. The van der Waals surface area contributed by atoms with Gasteiger partial charge in [-0.15, -0.1) is 0 Å². The Hall–Kier alpha value is -1.51. The number of Topliss-reactive ketones (excluding diaryl/α,β-unsaturated/α-hetero) is 1. The minimum absolute atomic E-state index is 0.0371. The molecule has 3 aliphatic carbocycles. The van der Waals surface area contributed by atoms with Gasteiger partial charge in [-0.25, -0.2) is 4.39 Å². The minimum Gasteiger partial charge on any atom is -0.369 e. The molecule has 2 N–H and O–H groups in total. The van der Waals surface area contributed by atoms with Crippen LogP contribution in [0.1, 0.15) is 64.7 Å². The number of nitrogens with two attached hydrogens (primary N) is 1. The molecule has 1 amide bonds. The van der Waals surface area contributed by atoms with E-state index < -0.39 is 12.1 Å². The highest BCUT2D eigenvalue weighted by Gasteiger charge is 2.61. The zero-order chi connectivity index (χ0) is 25.4. The molecular formula is C29H43FN4O3. The number of carbonyl (C=O) groups is 2. The van der Waals surface area contributed by atoms with E-state index in [-0.39, 0.29) is 60.1 Å². The maximum absolute atomic E-state index is 16.1. The normalized spacial score (nSPS) is 47.8. The fraction of sp³-hybridized carbons (Fsp3) is 0.862. The summed E-state index contributed by atoms with van der Waals surface area (Å²) in [6.45, 7) is 5.10. The maximum Gasteiger partial charge on any atom is 0.259 e. The van der Waals surface area contributed by atoms with Crippen LogP contribution >= 0.6 is 0 Å². The number of carbonyl (C=O) groups excluding carboxylic acids is 2. The summed E-state index contributed by atoms with van der Waals surface area (Å²) < 4.78 is 23.1. The highest BCUT2D eigenvalue weighted by atomic mass is 19.1. The van der Waals surface area contributed by atoms with Gasteiger partial charge in [-0.1, -0.05) is 32.6 Å². The van der Waals surface area contributed by atoms with Gasteiger partial charge in [0, 0.05) is 37.8 Å². The molecule has 4 aliphatic heterocycles. The van der Waals surface area contributed by atoms with Gasteiger partial charge in [0.15, 0.2) is 5.78 Å². The van der Waals surface area contributed by atoms with Crippen molar-refractivity contribution in [1.82, 2.24) is 14.7 Å². The van der Waals surface area contributed by atoms with Crippen LogP contribution in [0.2, 0.25) is 0 Å². The summed E-state index contributed by atoms with van der Waals surface area (Å²) in [6.07, 6.45) is 9.68. The lowest BCUT2D eigenvalue weighted by Gasteiger charge is -2.61. The standard InChI is InChI=1S/C29H43FN4O3/c1-16-6-8-32(13-16)26-22(30)12-20-25-28(26)37-24-11-18-5-3-2-4-17(18)10-23(24)34(25)15-21(27(20)35)29(36)33-9-7-19(31)14-33/h15-20,22-26,28H,2-14,31H2,1H3/t16?,17?,18?,19-,20?,22?,23?,24?,25?,26?,28?/m1/s1. The van der Waals surface area contributed by atoms with Gasteiger partial charge in [0.2, 0.25) is 0 Å². The van der Waals surface area contributed by atoms with Gasteiger partial charge < -0.3 is 20.3 Å². The number of amides is 1. The Labute approximate surface area is 219 Å². The number of nitrogens with zero attached hydrogens (tertiary/aromatic N) is 3. The number of fused-ring (bicyclic) bond motifs is 3. The molecule has 6 fully saturated rings. The van der Waals surface area contributed by atoms with Gasteiger partial charge >= 0.3 is 0 Å². The maximum atomic E-state index is 16.1. The molecular weight excluding hydrogens is 471 g/mol. The fourth-order valence-corrected chi connectivity index (χ4v) is 9.24. The third-order valence-corrected chi connectivity index (χ3v) is 11.1. The summed E-state index contributed by atoms with van der Waals surface area (Å²) in [7, 11) is 0. The van der Waals surface area contributed by atoms with E-state index in [1.807, 2.05) is 6.20 Å². The Kier molecular flexibility index (Phi) is 6.17. The zero-order valence-corrected chi connectivity index (χ0v) is 22.1. The Morgan fingerprint density at radius 3 is 2.51 bits per heavy atom. The summed E-state index contributed by atoms with van der Waals surface area (Å²) in [6, 6.07) is -0.370. The van der Waals surface area contributed by atoms with Crippen molar-refractivity contribution in [1.29, 1.82) is 0 Å². The van der Waals surface area contributed by atoms with E-state index in [0.29, 0.717) is 30.8 Å². The molecule has 37 heavy (non-hydrogen) atoms. The number of likely N-dealkylation sites (tertiary alicyclic amines) is 2. The van der Waals surface area contributed by atoms with Crippen LogP contribution in [0.4, 0.5) is 4.39 Å². The number of rotatable bonds is 2. The smallest absolute Gasteiger partial charge is 0.259 e. The molecule has 10 unspecified atom stereocenters. The number of ether oxygens (including phenoxy) is 1. The van der Waals surface area contributed by atoms with Crippen LogP contribution in [0, 0.1) is 23.7 Å². The average Bonchev–Trinajstić information content (AvgIpc) is 3.52. The summed E-state index contributed by atoms with van der Waals surface area (Å²) in [4.78, 5) is 33.9. The number of ketones is 1. The van der Waals surface area contributed by atoms with Crippen LogP contribution in [-0.2, 0) is 14.3 Å². The largest absolute Gasteiger partial charge is 0.369 e. The first kappa shape index (κ1) is 24.5. The molecule has 7 rings (SSSR count). The SMILES string of the molecule is CC1CCN(C2C(F)CC3C(=O)C(C(=O)N4CC[C@@H](N)C4)=CN4C5CC6CCCCC6CC5OC2C34)C1. The molecule has 3 saturated heterocycles. The van der Waals surface area contributed by atoms with Crippen molar-refractivity contribution in [2.45, 2.75) is 107 Å². The van der Waals surface area contributed by atoms with Crippen LogP contribution < -0.4 is 5.73 Å². The lowest BCUT2D eigenvalue weighted by Crippen LogP contribution is -2.73. The lowest BCUT2D eigenvalue weighted by atomic mass is 9.64. The van der Waals surface area contributed by atoms with Crippen molar-refractivity contribution < 1.29 is 18.7 Å². The third-order valence-electron chi connectivity index (χ3n) is 11.1. The molecule has 0 aromatic heterocycles. The van der Waals surface area contributed by atoms with Crippen LogP contribution in [0.3, 0.4) is 0 Å². The van der Waals surface area contributed by atoms with E-state index in [2.05, 4.69) is 16.7 Å². The van der Waals surface area contributed by atoms with Gasteiger partial charge in [-0.3, -0.25) is 14.5 Å². The van der Waals surface area contributed by atoms with Gasteiger partial charge in [0.1, 0.15) is 6.17 Å². The van der Waals surface area contributed by atoms with Crippen LogP contribution in [0.5, 0.6) is 0 Å². The number of halogens is 1. The van der Waals surface area contributed by atoms with Crippen LogP contribution in [-0.4, -0.2) is 95.1 Å². The first-order valence-electron chi connectivity index (χ1n) is 15.0. The Bertz CT molecular complexity index is 975. The van der Waals surface area contributed by atoms with Crippen molar-refractivity contribution in [2.24, 2.45) is 29.4 Å². The summed E-state index contributed by atoms with van der Waals surface area (Å²) in [5.74, 6) is 0.998. The summed E-state index contributed by atoms with van der Waals surface area (Å²) >= 11 is 0. The molecule has 3 saturated carbocycles. The van der Waals surface area contributed by atoms with E-state index in [1.54, 1.807) is 4.90 Å². The first-order valence-corrected chi connectivity index (χ1v) is 15.0. The van der Waals surface area contributed by atoms with Crippen molar-refractivity contribution in [3.05, 3.63) is 11.8 Å². The molecule has 4 heterocycles. The van der Waals surface area contributed by atoms with Crippen molar-refractivity contribution in [2.75, 3.05) is 26.2 Å². The molecule has 8 heteroatoms. The highest BCUT2D eigenvalue weighted by molar-refractivity contribution is 6.20. The van der Waals surface area contributed by atoms with Crippen LogP contribution in [0.15, 0.2) is 11.8 Å². The quantitative estimate of drug-likeness (QED) is 0.571. The second-order valence-electron chi connectivity index (χ2n) is 13.4. The van der Waals surface area contributed by atoms with E-state index in [9.17, 15) is 9.59 Å². The second-order valence-corrected chi connectivity index (χ2v) is 13.4. The first-order chi connectivity index (χ1) is 17.9. The molecule has 0 radical (unpaired) electrons. The molecule has 11 atom stereocenters. The van der Waals surface area contributed by atoms with Gasteiger partial charge in [0.25, 0.3) is 5.91 Å². The molecule has 7 nitrogen and oxygen atoms in total. The molecule has 0 spiro atoms. The zero-order valence-electron chi connectivity index (χ0n) is 22.1. The predicted octanol–water partition coefficient (Wildman–Crippen LogP) is 2.49. The summed E-state index contributed by atoms with van der Waals surface area (Å²) in [5, 5.41) is 0. The molecule has 7 aliphatic rings. The molecule has 0 bridgehead atoms. The number of alkyl halides is 1. The fourth-order valence-electron chi connectivity index (χ4n) is 9.24. The van der Waals surface area contributed by atoms with Crippen LogP contribution in [0.25, 0.3) is 0 Å². The van der Waals surface area contributed by atoms with E-state index in [4.69, 9.17) is 10.5 Å².